The van der Waals surface area contributed by atoms with Crippen molar-refractivity contribution < 1.29 is 23.5 Å². The number of hydrazine groups is 1. The number of carbonyl (C=O) groups excluding carboxylic acids is 2. The van der Waals surface area contributed by atoms with Crippen molar-refractivity contribution in [2.24, 2.45) is 0 Å². The van der Waals surface area contributed by atoms with Crippen LogP contribution >= 0.6 is 11.3 Å². The number of para-hydroxylation sites is 1. The second-order valence-electron chi connectivity index (χ2n) is 7.33. The van der Waals surface area contributed by atoms with Gasteiger partial charge in [0.05, 0.1) is 24.5 Å². The Bertz CT molecular complexity index is 1130. The molecular formula is C23H23FN4O4S. The molecule has 0 radical (unpaired) electrons. The smallest absolute Gasteiger partial charge is 0.281 e. The van der Waals surface area contributed by atoms with Crippen LogP contribution in [0, 0.1) is 12.7 Å². The van der Waals surface area contributed by atoms with E-state index in [1.807, 2.05) is 0 Å². The van der Waals surface area contributed by atoms with E-state index in [0.717, 1.165) is 23.8 Å². The topological polar surface area (TPSA) is 92.8 Å². The SMILES string of the molecule is Cc1nc(N2CCOCC2)sc1C(=O)NNC(=O)c1ccccc1OCc1ccc(F)cc1. The molecule has 0 saturated carbocycles. The fourth-order valence-corrected chi connectivity index (χ4v) is 4.26. The molecule has 1 aromatic heterocycles. The maximum absolute atomic E-state index is 13.1. The van der Waals surface area contributed by atoms with E-state index < -0.39 is 11.8 Å². The van der Waals surface area contributed by atoms with Crippen LogP contribution in [0.1, 0.15) is 31.3 Å². The normalized spacial score (nSPS) is 13.5. The van der Waals surface area contributed by atoms with E-state index in [1.165, 1.54) is 23.5 Å². The first kappa shape index (κ1) is 22.7. The van der Waals surface area contributed by atoms with Gasteiger partial charge in [0.15, 0.2) is 5.13 Å². The van der Waals surface area contributed by atoms with Crippen molar-refractivity contribution in [3.8, 4) is 5.75 Å². The largest absolute Gasteiger partial charge is 0.488 e. The van der Waals surface area contributed by atoms with Crippen LogP contribution in [0.5, 0.6) is 5.75 Å². The Morgan fingerprint density at radius 1 is 1.09 bits per heavy atom. The number of aromatic nitrogens is 1. The van der Waals surface area contributed by atoms with Crippen molar-refractivity contribution in [1.29, 1.82) is 0 Å². The molecule has 0 unspecified atom stereocenters. The van der Waals surface area contributed by atoms with E-state index in [9.17, 15) is 14.0 Å². The molecule has 0 bridgehead atoms. The van der Waals surface area contributed by atoms with Crippen molar-refractivity contribution in [1.82, 2.24) is 15.8 Å². The Morgan fingerprint density at radius 3 is 2.55 bits per heavy atom. The highest BCUT2D eigenvalue weighted by molar-refractivity contribution is 7.17. The predicted molar refractivity (Wildman–Crippen MR) is 122 cm³/mol. The summed E-state index contributed by atoms with van der Waals surface area (Å²) in [5, 5.41) is 0.756. The monoisotopic (exact) mass is 470 g/mol. The van der Waals surface area contributed by atoms with Gasteiger partial charge in [0.25, 0.3) is 11.8 Å². The van der Waals surface area contributed by atoms with Crippen molar-refractivity contribution in [3.05, 3.63) is 76.0 Å². The summed E-state index contributed by atoms with van der Waals surface area (Å²) in [6.07, 6.45) is 0. The quantitative estimate of drug-likeness (QED) is 0.538. The number of ether oxygens (including phenoxy) is 2. The van der Waals surface area contributed by atoms with Gasteiger partial charge in [0, 0.05) is 13.1 Å². The lowest BCUT2D eigenvalue weighted by Crippen LogP contribution is -2.41. The maximum Gasteiger partial charge on any atom is 0.281 e. The van der Waals surface area contributed by atoms with Gasteiger partial charge in [-0.2, -0.15) is 0 Å². The van der Waals surface area contributed by atoms with Gasteiger partial charge in [0.1, 0.15) is 23.1 Å². The van der Waals surface area contributed by atoms with Crippen molar-refractivity contribution in [2.75, 3.05) is 31.2 Å². The average Bonchev–Trinajstić information content (AvgIpc) is 3.24. The summed E-state index contributed by atoms with van der Waals surface area (Å²) >= 11 is 1.28. The summed E-state index contributed by atoms with van der Waals surface area (Å²) in [6.45, 7) is 4.62. The Labute approximate surface area is 194 Å². The summed E-state index contributed by atoms with van der Waals surface area (Å²) in [6, 6.07) is 12.6. The van der Waals surface area contributed by atoms with Crippen LogP contribution in [0.4, 0.5) is 9.52 Å². The fraction of sp³-hybridized carbons (Fsp3) is 0.261. The highest BCUT2D eigenvalue weighted by Crippen LogP contribution is 2.26. The van der Waals surface area contributed by atoms with E-state index in [0.29, 0.717) is 29.5 Å². The number of nitrogens with one attached hydrogen (secondary N) is 2. The second-order valence-corrected chi connectivity index (χ2v) is 8.31. The molecule has 1 aliphatic rings. The number of carbonyl (C=O) groups is 2. The van der Waals surface area contributed by atoms with Gasteiger partial charge in [-0.15, -0.1) is 0 Å². The summed E-state index contributed by atoms with van der Waals surface area (Å²) < 4.78 is 24.2. The van der Waals surface area contributed by atoms with E-state index >= 15 is 0 Å². The van der Waals surface area contributed by atoms with Gasteiger partial charge in [-0.3, -0.25) is 20.4 Å². The fourth-order valence-electron chi connectivity index (χ4n) is 3.24. The third-order valence-electron chi connectivity index (χ3n) is 5.00. The molecule has 10 heteroatoms. The molecule has 4 rings (SSSR count). The minimum absolute atomic E-state index is 0.168. The third kappa shape index (κ3) is 5.65. The van der Waals surface area contributed by atoms with Gasteiger partial charge in [0.2, 0.25) is 0 Å². The Morgan fingerprint density at radius 2 is 1.79 bits per heavy atom. The average molecular weight is 471 g/mol. The van der Waals surface area contributed by atoms with Crippen LogP contribution in [-0.2, 0) is 11.3 Å². The first-order chi connectivity index (χ1) is 16.0. The van der Waals surface area contributed by atoms with Crippen LogP contribution < -0.4 is 20.5 Å². The number of nitrogens with zero attached hydrogens (tertiary/aromatic N) is 2. The number of thiazole rings is 1. The maximum atomic E-state index is 13.1. The molecule has 172 valence electrons. The number of morpholine rings is 1. The third-order valence-corrected chi connectivity index (χ3v) is 6.22. The number of benzene rings is 2. The minimum Gasteiger partial charge on any atom is -0.488 e. The Kier molecular flexibility index (Phi) is 7.16. The number of amides is 2. The lowest BCUT2D eigenvalue weighted by atomic mass is 10.2. The summed E-state index contributed by atoms with van der Waals surface area (Å²) in [7, 11) is 0. The van der Waals surface area contributed by atoms with Gasteiger partial charge >= 0.3 is 0 Å². The molecule has 0 spiro atoms. The lowest BCUT2D eigenvalue weighted by molar-refractivity contribution is 0.0845. The molecule has 0 atom stereocenters. The summed E-state index contributed by atoms with van der Waals surface area (Å²) in [4.78, 5) is 32.4. The standard InChI is InChI=1S/C23H23FN4O4S/c1-15-20(33-23(25-15)28-10-12-31-13-11-28)22(30)27-26-21(29)18-4-2-3-5-19(18)32-14-16-6-8-17(24)9-7-16/h2-9H,10-14H2,1H3,(H,26,29)(H,27,30). The second kappa shape index (κ2) is 10.4. The van der Waals surface area contributed by atoms with E-state index in [1.54, 1.807) is 43.3 Å². The van der Waals surface area contributed by atoms with Crippen LogP contribution in [0.25, 0.3) is 0 Å². The van der Waals surface area contributed by atoms with Crippen molar-refractivity contribution >= 4 is 28.3 Å². The van der Waals surface area contributed by atoms with Crippen molar-refractivity contribution in [3.63, 3.8) is 0 Å². The molecule has 1 fully saturated rings. The van der Waals surface area contributed by atoms with Crippen LogP contribution in [-0.4, -0.2) is 43.1 Å². The number of aryl methyl sites for hydroxylation is 1. The Balaban J connectivity index is 1.37. The summed E-state index contributed by atoms with van der Waals surface area (Å²) in [5.74, 6) is -0.948. The number of hydrogen-bond acceptors (Lipinski definition) is 7. The minimum atomic E-state index is -0.520. The van der Waals surface area contributed by atoms with E-state index in [2.05, 4.69) is 20.7 Å². The van der Waals surface area contributed by atoms with Gasteiger partial charge in [-0.25, -0.2) is 9.37 Å². The van der Waals surface area contributed by atoms with Crippen LogP contribution in [0.15, 0.2) is 48.5 Å². The van der Waals surface area contributed by atoms with Crippen molar-refractivity contribution in [2.45, 2.75) is 13.5 Å². The molecule has 2 amide bonds. The Hall–Kier alpha value is -3.50. The first-order valence-electron chi connectivity index (χ1n) is 10.4. The molecular weight excluding hydrogens is 447 g/mol. The zero-order valence-electron chi connectivity index (χ0n) is 18.0. The highest BCUT2D eigenvalue weighted by Gasteiger charge is 2.21. The molecule has 3 aromatic rings. The van der Waals surface area contributed by atoms with Gasteiger partial charge in [-0.1, -0.05) is 35.6 Å². The number of halogens is 1. The number of rotatable bonds is 6. The van der Waals surface area contributed by atoms with Crippen LogP contribution in [0.3, 0.4) is 0 Å². The number of hydrogen-bond donors (Lipinski definition) is 2. The molecule has 1 aliphatic heterocycles. The number of anilines is 1. The lowest BCUT2D eigenvalue weighted by Gasteiger charge is -2.25. The molecule has 2 aromatic carbocycles. The van der Waals surface area contributed by atoms with Gasteiger partial charge in [-0.05, 0) is 36.8 Å². The van der Waals surface area contributed by atoms with Crippen LogP contribution in [0.2, 0.25) is 0 Å². The predicted octanol–water partition coefficient (Wildman–Crippen LogP) is 3.08. The van der Waals surface area contributed by atoms with E-state index in [-0.39, 0.29) is 18.0 Å². The zero-order valence-corrected chi connectivity index (χ0v) is 18.8. The van der Waals surface area contributed by atoms with Gasteiger partial charge < -0.3 is 14.4 Å². The van der Waals surface area contributed by atoms with E-state index in [4.69, 9.17) is 9.47 Å². The molecule has 8 nitrogen and oxygen atoms in total. The first-order valence-corrected chi connectivity index (χ1v) is 11.2. The molecule has 1 saturated heterocycles. The zero-order chi connectivity index (χ0) is 23.2. The molecule has 33 heavy (non-hydrogen) atoms. The molecule has 0 aliphatic carbocycles. The summed E-state index contributed by atoms with van der Waals surface area (Å²) in [5.41, 5.74) is 6.50. The highest BCUT2D eigenvalue weighted by atomic mass is 32.1. The molecule has 2 N–H and O–H groups in total. The molecule has 2 heterocycles.